The van der Waals surface area contributed by atoms with Crippen LogP contribution in [0.5, 0.6) is 0 Å². The summed E-state index contributed by atoms with van der Waals surface area (Å²) in [5.41, 5.74) is 6.22. The van der Waals surface area contributed by atoms with E-state index in [1.165, 1.54) is 22.5 Å². The highest BCUT2D eigenvalue weighted by Crippen LogP contribution is 2.40. The molecule has 2 radical (unpaired) electrons. The monoisotopic (exact) mass is 282 g/mol. The first-order chi connectivity index (χ1) is 9.52. The van der Waals surface area contributed by atoms with Crippen LogP contribution in [0.1, 0.15) is 24.5 Å². The van der Waals surface area contributed by atoms with Crippen molar-refractivity contribution in [3.8, 4) is 0 Å². The normalized spacial score (nSPS) is 21.4. The van der Waals surface area contributed by atoms with Gasteiger partial charge in [-0.2, -0.15) is 0 Å². The number of hydrogen-bond acceptors (Lipinski definition) is 3. The van der Waals surface area contributed by atoms with E-state index >= 15 is 0 Å². The van der Waals surface area contributed by atoms with Crippen LogP contribution >= 0.6 is 0 Å². The third-order valence-corrected chi connectivity index (χ3v) is 4.91. The average Bonchev–Trinajstić information content (AvgIpc) is 2.93. The smallest absolute Gasteiger partial charge is 0.317 e. The van der Waals surface area contributed by atoms with Crippen LogP contribution in [0.25, 0.3) is 0 Å². The summed E-state index contributed by atoms with van der Waals surface area (Å²) in [6, 6.07) is 4.33. The molecule has 2 aliphatic heterocycles. The van der Waals surface area contributed by atoms with Crippen LogP contribution in [0.4, 0.5) is 11.4 Å². The van der Waals surface area contributed by atoms with Crippen LogP contribution in [0.15, 0.2) is 36.9 Å². The van der Waals surface area contributed by atoms with E-state index in [9.17, 15) is 0 Å². The highest BCUT2D eigenvalue weighted by Gasteiger charge is 2.29. The summed E-state index contributed by atoms with van der Waals surface area (Å²) in [6.45, 7) is 13.4. The van der Waals surface area contributed by atoms with Crippen LogP contribution in [-0.4, -0.2) is 29.2 Å². The minimum Gasteiger partial charge on any atom is -0.474 e. The van der Waals surface area contributed by atoms with E-state index in [-0.39, 0.29) is 6.10 Å². The van der Waals surface area contributed by atoms with Crippen molar-refractivity contribution in [1.82, 2.24) is 0 Å². The van der Waals surface area contributed by atoms with E-state index in [0.29, 0.717) is 0 Å². The van der Waals surface area contributed by atoms with Gasteiger partial charge in [0.2, 0.25) is 0 Å². The number of hydrogen-bond donors (Lipinski definition) is 0. The quantitative estimate of drug-likeness (QED) is 0.775. The van der Waals surface area contributed by atoms with Gasteiger partial charge in [-0.15, -0.1) is 0 Å². The van der Waals surface area contributed by atoms with Crippen LogP contribution in [0, 0.1) is 6.92 Å². The molecule has 0 bridgehead atoms. The number of allylic oxidation sites excluding steroid dienone is 1. The van der Waals surface area contributed by atoms with Gasteiger partial charge in [0.15, 0.2) is 5.88 Å². The maximum Gasteiger partial charge on any atom is 0.317 e. The summed E-state index contributed by atoms with van der Waals surface area (Å²) in [4.78, 5) is 2.19. The van der Waals surface area contributed by atoms with Gasteiger partial charge >= 0.3 is 16.5 Å². The second kappa shape index (κ2) is 4.87. The van der Waals surface area contributed by atoms with Crippen molar-refractivity contribution in [3.63, 3.8) is 0 Å². The Kier molecular flexibility index (Phi) is 3.32. The third-order valence-electron chi connectivity index (χ3n) is 4.26. The molecule has 4 heteroatoms. The summed E-state index contributed by atoms with van der Waals surface area (Å²) < 4.78 is 7.89. The largest absolute Gasteiger partial charge is 0.474 e. The molecule has 0 saturated carbocycles. The van der Waals surface area contributed by atoms with E-state index in [1.807, 2.05) is 0 Å². The van der Waals surface area contributed by atoms with Crippen molar-refractivity contribution < 1.29 is 4.74 Å². The van der Waals surface area contributed by atoms with Crippen LogP contribution in [0.2, 0.25) is 0 Å². The first-order valence-corrected chi connectivity index (χ1v) is 7.52. The number of anilines is 2. The molecule has 0 N–H and O–H groups in total. The Morgan fingerprint density at radius 3 is 2.70 bits per heavy atom. The number of benzene rings is 1. The summed E-state index contributed by atoms with van der Waals surface area (Å²) in [5, 5.41) is 0. The Morgan fingerprint density at radius 1 is 1.35 bits per heavy atom. The molecule has 3 nitrogen and oxygen atoms in total. The molecular formula is C16H19AlN2O. The van der Waals surface area contributed by atoms with E-state index < -0.39 is 0 Å². The minimum atomic E-state index is 0.253. The van der Waals surface area contributed by atoms with Gasteiger partial charge in [-0.25, -0.2) is 0 Å². The summed E-state index contributed by atoms with van der Waals surface area (Å²) in [7, 11) is 0. The lowest BCUT2D eigenvalue weighted by atomic mass is 10.0. The standard InChI is InChI=1S/C16H19N2O.Al/c1-5-13-9-18(12(4)19-13)16-7-6-15-14(11(16)3)8-10(2)17-15;/h6-7,13H,2,4-5,8-9H2,1,3H3;/q-1;+1. The first-order valence-electron chi connectivity index (χ1n) is 7.01. The Morgan fingerprint density at radius 2 is 2.05 bits per heavy atom. The predicted octanol–water partition coefficient (Wildman–Crippen LogP) is 3.04. The fourth-order valence-electron chi connectivity index (χ4n) is 2.97. The highest BCUT2D eigenvalue weighted by atomic mass is 27.1. The molecule has 0 amide bonds. The first kappa shape index (κ1) is 13.6. The molecule has 0 spiro atoms. The highest BCUT2D eigenvalue weighted by molar-refractivity contribution is 6.21. The molecule has 3 rings (SSSR count). The van der Waals surface area contributed by atoms with Crippen molar-refractivity contribution in [3.05, 3.63) is 48.0 Å². The zero-order valence-corrected chi connectivity index (χ0v) is 13.3. The fraction of sp³-hybridized carbons (Fsp3) is 0.375. The Bertz CT molecular complexity index is 596. The number of rotatable bonds is 2. The van der Waals surface area contributed by atoms with Crippen molar-refractivity contribution in [2.24, 2.45) is 0 Å². The Labute approximate surface area is 129 Å². The zero-order valence-electron chi connectivity index (χ0n) is 12.1. The molecule has 1 aromatic carbocycles. The van der Waals surface area contributed by atoms with E-state index in [2.05, 4.69) is 64.4 Å². The van der Waals surface area contributed by atoms with Crippen molar-refractivity contribution >= 4 is 27.9 Å². The van der Waals surface area contributed by atoms with E-state index in [4.69, 9.17) is 4.74 Å². The Hall–Kier alpha value is -1.37. The molecule has 20 heavy (non-hydrogen) atoms. The molecule has 1 saturated heterocycles. The molecule has 0 aliphatic carbocycles. The number of nitrogens with zero attached hydrogens (tertiary/aromatic N) is 2. The average molecular weight is 282 g/mol. The molecule has 2 heterocycles. The van der Waals surface area contributed by atoms with Gasteiger partial charge in [0.25, 0.3) is 0 Å². The second-order valence-electron chi connectivity index (χ2n) is 5.47. The summed E-state index contributed by atoms with van der Waals surface area (Å²) >= 11 is 2.74. The molecule has 0 aromatic heterocycles. The van der Waals surface area contributed by atoms with E-state index in [0.717, 1.165) is 31.0 Å². The number of ether oxygens (including phenoxy) is 1. The lowest BCUT2D eigenvalue weighted by molar-refractivity contribution is 0.166. The lowest BCUT2D eigenvalue weighted by Crippen LogP contribution is -2.21. The van der Waals surface area contributed by atoms with Crippen molar-refractivity contribution in [1.29, 1.82) is 0 Å². The zero-order chi connectivity index (χ0) is 14.4. The van der Waals surface area contributed by atoms with Gasteiger partial charge in [-0.1, -0.05) is 13.5 Å². The van der Waals surface area contributed by atoms with E-state index in [1.54, 1.807) is 0 Å². The fourth-order valence-corrected chi connectivity index (χ4v) is 3.31. The SMILES string of the molecule is C=C1Cc2c(ccc(N3CC(CC)OC3=C)c2C)[N]1[Al]. The molecule has 102 valence electrons. The van der Waals surface area contributed by atoms with Crippen LogP contribution < -0.4 is 8.78 Å². The molecule has 1 atom stereocenters. The second-order valence-corrected chi connectivity index (χ2v) is 5.99. The predicted molar refractivity (Wildman–Crippen MR) is 83.9 cm³/mol. The maximum atomic E-state index is 5.79. The number of fused-ring (bicyclic) bond motifs is 1. The van der Waals surface area contributed by atoms with Gasteiger partial charge in [-0.05, 0) is 48.9 Å². The van der Waals surface area contributed by atoms with Crippen LogP contribution in [0.3, 0.4) is 0 Å². The van der Waals surface area contributed by atoms with Gasteiger partial charge in [0.05, 0.1) is 6.54 Å². The molecule has 1 unspecified atom stereocenters. The van der Waals surface area contributed by atoms with Gasteiger partial charge in [0, 0.05) is 17.8 Å². The van der Waals surface area contributed by atoms with Crippen LogP contribution in [-0.2, 0) is 11.2 Å². The maximum absolute atomic E-state index is 5.79. The molecule has 1 fully saturated rings. The van der Waals surface area contributed by atoms with Gasteiger partial charge in [-0.3, -0.25) is 0 Å². The molecular weight excluding hydrogens is 263 g/mol. The summed E-state index contributed by atoms with van der Waals surface area (Å²) in [5.74, 6) is 0.763. The summed E-state index contributed by atoms with van der Waals surface area (Å²) in [6.07, 6.45) is 2.18. The van der Waals surface area contributed by atoms with Crippen molar-refractivity contribution in [2.75, 3.05) is 15.3 Å². The van der Waals surface area contributed by atoms with Crippen molar-refractivity contribution in [2.45, 2.75) is 32.8 Å². The van der Waals surface area contributed by atoms with Gasteiger partial charge in [0.1, 0.15) is 6.10 Å². The Balaban J connectivity index is 1.99. The topological polar surface area (TPSA) is 15.7 Å². The molecule has 2 aliphatic rings. The molecule has 1 aromatic rings. The van der Waals surface area contributed by atoms with Gasteiger partial charge < -0.3 is 13.5 Å². The lowest BCUT2D eigenvalue weighted by Gasteiger charge is -2.22. The minimum absolute atomic E-state index is 0.253. The third kappa shape index (κ3) is 1.95.